The Bertz CT molecular complexity index is 1280. The molecule has 4 aromatic rings. The maximum absolute atomic E-state index is 9.81. The molecule has 0 unspecified atom stereocenters. The van der Waals surface area contributed by atoms with E-state index in [4.69, 9.17) is 14.2 Å². The third-order valence-electron chi connectivity index (χ3n) is 5.63. The number of phenols is 1. The van der Waals surface area contributed by atoms with Gasteiger partial charge in [0.2, 0.25) is 0 Å². The summed E-state index contributed by atoms with van der Waals surface area (Å²) in [6.07, 6.45) is 2.57. The van der Waals surface area contributed by atoms with Crippen LogP contribution in [0.1, 0.15) is 11.1 Å². The number of nitrogens with zero attached hydrogens (tertiary/aromatic N) is 2. The molecule has 1 aliphatic carbocycles. The molecule has 0 bridgehead atoms. The van der Waals surface area contributed by atoms with Gasteiger partial charge >= 0.3 is 0 Å². The number of fused-ring (bicyclic) bond motifs is 3. The summed E-state index contributed by atoms with van der Waals surface area (Å²) in [5.74, 6) is 1.93. The molecule has 1 aliphatic rings. The normalized spacial score (nSPS) is 11.7. The Morgan fingerprint density at radius 2 is 1.61 bits per heavy atom. The maximum Gasteiger partial charge on any atom is 0.161 e. The molecule has 0 fully saturated rings. The average Bonchev–Trinajstić information content (AvgIpc) is 3.37. The number of pyridine rings is 1. The highest BCUT2D eigenvalue weighted by Crippen LogP contribution is 2.44. The van der Waals surface area contributed by atoms with Crippen LogP contribution in [0, 0.1) is 0 Å². The number of benzene rings is 2. The van der Waals surface area contributed by atoms with Gasteiger partial charge in [0.25, 0.3) is 0 Å². The number of aromatic nitrogens is 3. The number of hydrogen-bond acceptors (Lipinski definition) is 6. The van der Waals surface area contributed by atoms with Crippen LogP contribution in [0.5, 0.6) is 23.0 Å². The Hall–Kier alpha value is -4.00. The predicted octanol–water partition coefficient (Wildman–Crippen LogP) is 4.44. The molecule has 156 valence electrons. The first-order valence-electron chi connectivity index (χ1n) is 9.79. The van der Waals surface area contributed by atoms with Crippen LogP contribution in [0.25, 0.3) is 33.8 Å². The van der Waals surface area contributed by atoms with Crippen molar-refractivity contribution >= 4 is 0 Å². The van der Waals surface area contributed by atoms with Gasteiger partial charge in [-0.3, -0.25) is 10.1 Å². The predicted molar refractivity (Wildman–Crippen MR) is 117 cm³/mol. The summed E-state index contributed by atoms with van der Waals surface area (Å²) in [6, 6.07) is 13.1. The second-order valence-electron chi connectivity index (χ2n) is 7.29. The zero-order chi connectivity index (χ0) is 21.5. The van der Waals surface area contributed by atoms with E-state index in [2.05, 4.69) is 15.2 Å². The summed E-state index contributed by atoms with van der Waals surface area (Å²) in [5.41, 5.74) is 7.83. The molecule has 2 heterocycles. The fraction of sp³-hybridized carbons (Fsp3) is 0.167. The molecular formula is C24H21N3O4. The van der Waals surface area contributed by atoms with Gasteiger partial charge in [0.1, 0.15) is 0 Å². The van der Waals surface area contributed by atoms with Crippen LogP contribution in [0.2, 0.25) is 0 Å². The molecule has 0 aliphatic heterocycles. The second kappa shape index (κ2) is 7.36. The summed E-state index contributed by atoms with van der Waals surface area (Å²) in [7, 11) is 4.80. The van der Waals surface area contributed by atoms with Crippen molar-refractivity contribution in [3.05, 3.63) is 59.8 Å². The molecule has 2 aromatic heterocycles. The molecule has 0 radical (unpaired) electrons. The van der Waals surface area contributed by atoms with E-state index in [1.165, 1.54) is 12.7 Å². The van der Waals surface area contributed by atoms with Crippen molar-refractivity contribution in [1.82, 2.24) is 15.2 Å². The SMILES string of the molecule is COc1cc(-c2ccc(-c3n[nH]c4c3Cc3cc(OC)c(OC)cc3-4)cn2)ccc1O. The van der Waals surface area contributed by atoms with Gasteiger partial charge in [0, 0.05) is 34.9 Å². The Labute approximate surface area is 179 Å². The lowest BCUT2D eigenvalue weighted by Gasteiger charge is -2.10. The van der Waals surface area contributed by atoms with Gasteiger partial charge in [0.05, 0.1) is 38.4 Å². The Morgan fingerprint density at radius 1 is 0.871 bits per heavy atom. The molecule has 0 saturated heterocycles. The van der Waals surface area contributed by atoms with E-state index in [9.17, 15) is 5.11 Å². The van der Waals surface area contributed by atoms with Crippen LogP contribution in [-0.4, -0.2) is 41.6 Å². The van der Waals surface area contributed by atoms with Gasteiger partial charge in [-0.05, 0) is 48.0 Å². The molecule has 5 rings (SSSR count). The Balaban J connectivity index is 1.49. The number of hydrogen-bond donors (Lipinski definition) is 2. The van der Waals surface area contributed by atoms with Gasteiger partial charge in [0.15, 0.2) is 23.0 Å². The number of phenolic OH excluding ortho intramolecular Hbond substituents is 1. The highest BCUT2D eigenvalue weighted by atomic mass is 16.5. The average molecular weight is 415 g/mol. The van der Waals surface area contributed by atoms with E-state index in [0.717, 1.165) is 51.5 Å². The number of methoxy groups -OCH3 is 3. The monoisotopic (exact) mass is 415 g/mol. The number of nitrogens with one attached hydrogen (secondary N) is 1. The topological polar surface area (TPSA) is 89.5 Å². The lowest BCUT2D eigenvalue weighted by atomic mass is 10.1. The smallest absolute Gasteiger partial charge is 0.161 e. The van der Waals surface area contributed by atoms with Gasteiger partial charge in [-0.15, -0.1) is 0 Å². The molecule has 2 aromatic carbocycles. The quantitative estimate of drug-likeness (QED) is 0.441. The molecule has 0 atom stereocenters. The molecule has 31 heavy (non-hydrogen) atoms. The van der Waals surface area contributed by atoms with Crippen molar-refractivity contribution in [2.75, 3.05) is 21.3 Å². The fourth-order valence-corrected chi connectivity index (χ4v) is 4.03. The number of H-pyrrole nitrogens is 1. The first kappa shape index (κ1) is 19.0. The third-order valence-corrected chi connectivity index (χ3v) is 5.63. The van der Waals surface area contributed by atoms with Crippen LogP contribution in [0.3, 0.4) is 0 Å². The van der Waals surface area contributed by atoms with Crippen molar-refractivity contribution in [3.63, 3.8) is 0 Å². The lowest BCUT2D eigenvalue weighted by Crippen LogP contribution is -1.93. The molecule has 7 nitrogen and oxygen atoms in total. The summed E-state index contributed by atoms with van der Waals surface area (Å²) in [5, 5.41) is 17.5. The zero-order valence-corrected chi connectivity index (χ0v) is 17.4. The third kappa shape index (κ3) is 3.06. The first-order valence-corrected chi connectivity index (χ1v) is 9.79. The first-order chi connectivity index (χ1) is 15.1. The van der Waals surface area contributed by atoms with Crippen LogP contribution >= 0.6 is 0 Å². The molecular weight excluding hydrogens is 394 g/mol. The minimum Gasteiger partial charge on any atom is -0.504 e. The summed E-state index contributed by atoms with van der Waals surface area (Å²) < 4.78 is 16.1. The second-order valence-corrected chi connectivity index (χ2v) is 7.29. The largest absolute Gasteiger partial charge is 0.504 e. The summed E-state index contributed by atoms with van der Waals surface area (Å²) in [6.45, 7) is 0. The van der Waals surface area contributed by atoms with Crippen LogP contribution < -0.4 is 14.2 Å². The van der Waals surface area contributed by atoms with E-state index in [-0.39, 0.29) is 5.75 Å². The Morgan fingerprint density at radius 3 is 2.32 bits per heavy atom. The molecule has 0 spiro atoms. The Kier molecular flexibility index (Phi) is 4.51. The molecule has 2 N–H and O–H groups in total. The van der Waals surface area contributed by atoms with E-state index < -0.39 is 0 Å². The highest BCUT2D eigenvalue weighted by molar-refractivity contribution is 5.82. The molecule has 0 saturated carbocycles. The van der Waals surface area contributed by atoms with Crippen molar-refractivity contribution in [2.45, 2.75) is 6.42 Å². The highest BCUT2D eigenvalue weighted by Gasteiger charge is 2.27. The van der Waals surface area contributed by atoms with E-state index >= 15 is 0 Å². The molecule has 7 heteroatoms. The minimum atomic E-state index is 0.0998. The van der Waals surface area contributed by atoms with Gasteiger partial charge in [-0.25, -0.2) is 0 Å². The van der Waals surface area contributed by atoms with E-state index in [1.54, 1.807) is 26.4 Å². The van der Waals surface area contributed by atoms with E-state index in [0.29, 0.717) is 11.5 Å². The van der Waals surface area contributed by atoms with Crippen LogP contribution in [0.4, 0.5) is 0 Å². The van der Waals surface area contributed by atoms with Gasteiger partial charge in [-0.2, -0.15) is 5.10 Å². The number of aromatic amines is 1. The summed E-state index contributed by atoms with van der Waals surface area (Å²) >= 11 is 0. The van der Waals surface area contributed by atoms with Crippen LogP contribution in [-0.2, 0) is 6.42 Å². The number of ether oxygens (including phenoxy) is 3. The minimum absolute atomic E-state index is 0.0998. The number of aromatic hydroxyl groups is 1. The van der Waals surface area contributed by atoms with Crippen molar-refractivity contribution in [3.8, 4) is 56.8 Å². The van der Waals surface area contributed by atoms with Crippen molar-refractivity contribution < 1.29 is 19.3 Å². The van der Waals surface area contributed by atoms with Crippen molar-refractivity contribution in [1.29, 1.82) is 0 Å². The molecule has 0 amide bonds. The van der Waals surface area contributed by atoms with Gasteiger partial charge in [-0.1, -0.05) is 0 Å². The summed E-state index contributed by atoms with van der Waals surface area (Å²) in [4.78, 5) is 4.61. The lowest BCUT2D eigenvalue weighted by molar-refractivity contribution is 0.355. The fourth-order valence-electron chi connectivity index (χ4n) is 4.03. The number of rotatable bonds is 5. The standard InChI is InChI=1S/C24H21N3O4/c1-29-20-9-13(5-7-19(20)28)18-6-4-14(12-25-18)23-17-8-15-10-21(30-2)22(31-3)11-16(15)24(17)27-26-23/h4-7,9-12,28H,8H2,1-3H3,(H,26,27). The zero-order valence-electron chi connectivity index (χ0n) is 17.4. The van der Waals surface area contributed by atoms with Gasteiger partial charge < -0.3 is 19.3 Å². The van der Waals surface area contributed by atoms with Crippen LogP contribution in [0.15, 0.2) is 48.7 Å². The maximum atomic E-state index is 9.81. The van der Waals surface area contributed by atoms with E-state index in [1.807, 2.05) is 36.5 Å². The van der Waals surface area contributed by atoms with Crippen molar-refractivity contribution in [2.24, 2.45) is 0 Å².